The minimum Gasteiger partial charge on any atom is -0.451 e. The number of halogens is 1. The van der Waals surface area contributed by atoms with Gasteiger partial charge < -0.3 is 29.3 Å². The van der Waals surface area contributed by atoms with Crippen molar-refractivity contribution in [2.24, 2.45) is 0 Å². The van der Waals surface area contributed by atoms with E-state index < -0.39 is 11.9 Å². The summed E-state index contributed by atoms with van der Waals surface area (Å²) < 4.78 is 5.86. The van der Waals surface area contributed by atoms with Crippen LogP contribution in [0.15, 0.2) is 82.0 Å². The number of para-hydroxylation sites is 1. The minimum atomic E-state index is -0.921. The number of hydrogen-bond donors (Lipinski definition) is 1. The van der Waals surface area contributed by atoms with Crippen LogP contribution in [-0.2, 0) is 11.2 Å². The van der Waals surface area contributed by atoms with Crippen LogP contribution in [0.5, 0.6) is 0 Å². The fourth-order valence-corrected chi connectivity index (χ4v) is 6.53. The molecule has 2 fully saturated rings. The van der Waals surface area contributed by atoms with Crippen LogP contribution in [0.25, 0.3) is 11.0 Å². The van der Waals surface area contributed by atoms with E-state index in [0.717, 1.165) is 49.3 Å². The Morgan fingerprint density at radius 2 is 1.56 bits per heavy atom. The Morgan fingerprint density at radius 1 is 0.854 bits per heavy atom. The number of likely N-dealkylation sites (tertiary alicyclic amines) is 1. The molecule has 0 unspecified atom stereocenters. The summed E-state index contributed by atoms with van der Waals surface area (Å²) in [6.07, 6.45) is 3.41. The Bertz CT molecular complexity index is 1860. The molecular weight excluding hydrogens is 630 g/mol. The maximum absolute atomic E-state index is 14.1. The highest BCUT2D eigenvalue weighted by atomic mass is 35.5. The second-order valence-corrected chi connectivity index (χ2v) is 13.0. The molecule has 0 spiro atoms. The molecule has 6 rings (SSSR count). The molecule has 11 heteroatoms. The molecule has 0 saturated carbocycles. The van der Waals surface area contributed by atoms with Crippen molar-refractivity contribution in [3.8, 4) is 0 Å². The number of nitrogens with zero attached hydrogens (tertiary/aromatic N) is 4. The first-order chi connectivity index (χ1) is 23.2. The molecule has 48 heavy (non-hydrogen) atoms. The van der Waals surface area contributed by atoms with Gasteiger partial charge in [-0.2, -0.15) is 0 Å². The molecule has 3 heterocycles. The number of nitrogens with one attached hydrogen (secondary N) is 1. The van der Waals surface area contributed by atoms with Crippen molar-refractivity contribution in [2.75, 3.05) is 63.2 Å². The summed E-state index contributed by atoms with van der Waals surface area (Å²) in [7, 11) is 3.75. The molecular formula is C37H40ClN5O5. The van der Waals surface area contributed by atoms with Crippen molar-refractivity contribution < 1.29 is 18.8 Å². The smallest absolute Gasteiger partial charge is 0.287 e. The number of carbonyl (C=O) groups excluding carboxylic acids is 3. The molecule has 10 nitrogen and oxygen atoms in total. The molecule has 250 valence electrons. The van der Waals surface area contributed by atoms with E-state index in [9.17, 15) is 19.2 Å². The first-order valence-corrected chi connectivity index (χ1v) is 16.8. The molecule has 3 aromatic carbocycles. The summed E-state index contributed by atoms with van der Waals surface area (Å²) in [6.45, 7) is 3.44. The number of anilines is 2. The van der Waals surface area contributed by atoms with Crippen molar-refractivity contribution in [3.63, 3.8) is 0 Å². The standard InChI is InChI=1S/C37H40ClN5O5/c1-40(2)27-14-15-33-29(23-27)32(44)24-34(48-33)35(45)39-30(22-25-10-12-26(38)13-11-25)37(47)43-20-18-41(19-21-43)31-9-5-4-8-28(31)36(46)42-16-6-3-7-17-42/h4-5,8-15,23-24,30H,3,6-7,16-22H2,1-2H3,(H,39,45)/t30-/m1/s1. The van der Waals surface area contributed by atoms with E-state index in [1.54, 1.807) is 35.2 Å². The minimum absolute atomic E-state index is 0.0491. The molecule has 1 atom stereocenters. The van der Waals surface area contributed by atoms with Crippen LogP contribution in [-0.4, -0.2) is 86.9 Å². The van der Waals surface area contributed by atoms with Gasteiger partial charge in [0.05, 0.1) is 10.9 Å². The lowest BCUT2D eigenvalue weighted by Gasteiger charge is -2.38. The first-order valence-electron chi connectivity index (χ1n) is 16.4. The fourth-order valence-electron chi connectivity index (χ4n) is 6.41. The summed E-state index contributed by atoms with van der Waals surface area (Å²) in [4.78, 5) is 61.7. The second kappa shape index (κ2) is 14.5. The second-order valence-electron chi connectivity index (χ2n) is 12.6. The van der Waals surface area contributed by atoms with Gasteiger partial charge in [0, 0.05) is 82.2 Å². The SMILES string of the molecule is CN(C)c1ccc2oc(C(=O)N[C@H](Cc3ccc(Cl)cc3)C(=O)N3CCN(c4ccccc4C(=O)N4CCCCC4)CC3)cc(=O)c2c1. The highest BCUT2D eigenvalue weighted by Gasteiger charge is 2.31. The molecule has 1 aromatic heterocycles. The third-order valence-electron chi connectivity index (χ3n) is 9.12. The predicted molar refractivity (Wildman–Crippen MR) is 188 cm³/mol. The molecule has 0 radical (unpaired) electrons. The van der Waals surface area contributed by atoms with Gasteiger partial charge in [0.2, 0.25) is 5.91 Å². The third kappa shape index (κ3) is 7.33. The van der Waals surface area contributed by atoms with Gasteiger partial charge in [-0.15, -0.1) is 0 Å². The van der Waals surface area contributed by atoms with Crippen LogP contribution in [0.2, 0.25) is 5.02 Å². The van der Waals surface area contributed by atoms with E-state index >= 15 is 0 Å². The fraction of sp³-hybridized carbons (Fsp3) is 0.351. The van der Waals surface area contributed by atoms with Gasteiger partial charge in [0.25, 0.3) is 11.8 Å². The van der Waals surface area contributed by atoms with Crippen LogP contribution < -0.4 is 20.5 Å². The zero-order chi connectivity index (χ0) is 33.8. The van der Waals surface area contributed by atoms with Gasteiger partial charge >= 0.3 is 0 Å². The van der Waals surface area contributed by atoms with Gasteiger partial charge in [-0.3, -0.25) is 19.2 Å². The van der Waals surface area contributed by atoms with Crippen molar-refractivity contribution in [2.45, 2.75) is 31.7 Å². The Hall–Kier alpha value is -4.83. The maximum Gasteiger partial charge on any atom is 0.287 e. The lowest BCUT2D eigenvalue weighted by Crippen LogP contribution is -2.56. The van der Waals surface area contributed by atoms with Crippen LogP contribution in [0.3, 0.4) is 0 Å². The topological polar surface area (TPSA) is 106 Å². The normalized spacial score (nSPS) is 15.7. The van der Waals surface area contributed by atoms with Crippen LogP contribution >= 0.6 is 11.6 Å². The maximum atomic E-state index is 14.1. The van der Waals surface area contributed by atoms with E-state index in [0.29, 0.717) is 42.2 Å². The number of carbonyl (C=O) groups is 3. The average Bonchev–Trinajstić information content (AvgIpc) is 3.11. The molecule has 2 aliphatic heterocycles. The summed E-state index contributed by atoms with van der Waals surface area (Å²) in [5.74, 6) is -1.01. The Labute approximate surface area is 284 Å². The highest BCUT2D eigenvalue weighted by Crippen LogP contribution is 2.26. The van der Waals surface area contributed by atoms with E-state index in [-0.39, 0.29) is 35.0 Å². The highest BCUT2D eigenvalue weighted by molar-refractivity contribution is 6.30. The Balaban J connectivity index is 1.19. The number of amides is 3. The summed E-state index contributed by atoms with van der Waals surface area (Å²) >= 11 is 6.11. The number of hydrogen-bond acceptors (Lipinski definition) is 7. The van der Waals surface area contributed by atoms with Gasteiger partial charge in [-0.1, -0.05) is 35.9 Å². The Kier molecular flexibility index (Phi) is 10.0. The van der Waals surface area contributed by atoms with E-state index in [2.05, 4.69) is 10.2 Å². The third-order valence-corrected chi connectivity index (χ3v) is 9.37. The van der Waals surface area contributed by atoms with E-state index in [1.807, 2.05) is 60.3 Å². The Morgan fingerprint density at radius 3 is 2.27 bits per heavy atom. The number of rotatable bonds is 8. The van der Waals surface area contributed by atoms with Gasteiger partial charge in [-0.05, 0) is 67.3 Å². The monoisotopic (exact) mass is 669 g/mol. The van der Waals surface area contributed by atoms with E-state index in [4.69, 9.17) is 16.0 Å². The summed E-state index contributed by atoms with van der Waals surface area (Å²) in [5, 5.41) is 3.78. The zero-order valence-corrected chi connectivity index (χ0v) is 28.0. The largest absolute Gasteiger partial charge is 0.451 e. The average molecular weight is 670 g/mol. The number of fused-ring (bicyclic) bond motifs is 1. The molecule has 4 aromatic rings. The molecule has 0 aliphatic carbocycles. The molecule has 1 N–H and O–H groups in total. The van der Waals surface area contributed by atoms with Crippen molar-refractivity contribution in [3.05, 3.63) is 105 Å². The molecule has 2 saturated heterocycles. The van der Waals surface area contributed by atoms with Crippen molar-refractivity contribution in [1.29, 1.82) is 0 Å². The van der Waals surface area contributed by atoms with Crippen molar-refractivity contribution in [1.82, 2.24) is 15.1 Å². The van der Waals surface area contributed by atoms with Crippen LogP contribution in [0.1, 0.15) is 45.7 Å². The number of piperidine rings is 1. The lowest BCUT2D eigenvalue weighted by molar-refractivity contribution is -0.133. The van der Waals surface area contributed by atoms with Gasteiger partial charge in [0.1, 0.15) is 11.6 Å². The molecule has 0 bridgehead atoms. The summed E-state index contributed by atoms with van der Waals surface area (Å²) in [6, 6.07) is 20.2. The van der Waals surface area contributed by atoms with Gasteiger partial charge in [-0.25, -0.2) is 0 Å². The molecule has 3 amide bonds. The van der Waals surface area contributed by atoms with E-state index in [1.165, 1.54) is 6.07 Å². The molecule has 2 aliphatic rings. The lowest BCUT2D eigenvalue weighted by atomic mass is 10.0. The number of piperazine rings is 1. The van der Waals surface area contributed by atoms with Crippen LogP contribution in [0.4, 0.5) is 11.4 Å². The summed E-state index contributed by atoms with van der Waals surface area (Å²) in [5.41, 5.74) is 3.14. The zero-order valence-electron chi connectivity index (χ0n) is 27.3. The quantitative estimate of drug-likeness (QED) is 0.287. The number of benzene rings is 3. The van der Waals surface area contributed by atoms with Gasteiger partial charge in [0.15, 0.2) is 11.2 Å². The van der Waals surface area contributed by atoms with Crippen LogP contribution in [0, 0.1) is 0 Å². The van der Waals surface area contributed by atoms with Crippen molar-refractivity contribution >= 4 is 51.7 Å². The predicted octanol–water partition coefficient (Wildman–Crippen LogP) is 4.83. The first kappa shape index (κ1) is 33.1.